The highest BCUT2D eigenvalue weighted by Gasteiger charge is 2.31. The summed E-state index contributed by atoms with van der Waals surface area (Å²) < 4.78 is 19.4. The van der Waals surface area contributed by atoms with Crippen LogP contribution in [0.4, 0.5) is 9.18 Å². The maximum atomic E-state index is 14.0. The average Bonchev–Trinajstić information content (AvgIpc) is 2.55. The summed E-state index contributed by atoms with van der Waals surface area (Å²) in [6, 6.07) is 6.99. The van der Waals surface area contributed by atoms with Gasteiger partial charge in [0, 0.05) is 30.9 Å². The zero-order valence-electron chi connectivity index (χ0n) is 14.3. The number of hydrogen-bond donors (Lipinski definition) is 1. The van der Waals surface area contributed by atoms with Crippen LogP contribution in [0.25, 0.3) is 0 Å². The van der Waals surface area contributed by atoms with E-state index >= 15 is 0 Å². The third kappa shape index (κ3) is 4.07. The first kappa shape index (κ1) is 17.2. The van der Waals surface area contributed by atoms with Crippen molar-refractivity contribution in [1.82, 2.24) is 10.2 Å². The van der Waals surface area contributed by atoms with Gasteiger partial charge in [-0.1, -0.05) is 18.2 Å². The predicted molar refractivity (Wildman–Crippen MR) is 91.1 cm³/mol. The molecule has 2 aliphatic rings. The number of carbonyl (C=O) groups excluding carboxylic acids is 1. The summed E-state index contributed by atoms with van der Waals surface area (Å²) in [7, 11) is 0. The highest BCUT2D eigenvalue weighted by Crippen LogP contribution is 2.27. The van der Waals surface area contributed by atoms with E-state index in [0.717, 1.165) is 45.3 Å². The molecule has 1 N–H and O–H groups in total. The molecule has 0 spiro atoms. The van der Waals surface area contributed by atoms with E-state index < -0.39 is 0 Å². The summed E-state index contributed by atoms with van der Waals surface area (Å²) in [6.07, 6.45) is 5.12. The van der Waals surface area contributed by atoms with E-state index in [1.54, 1.807) is 12.1 Å². The van der Waals surface area contributed by atoms with Crippen LogP contribution in [0.2, 0.25) is 0 Å². The van der Waals surface area contributed by atoms with Crippen molar-refractivity contribution in [2.24, 2.45) is 5.92 Å². The van der Waals surface area contributed by atoms with E-state index in [0.29, 0.717) is 18.0 Å². The molecule has 1 atom stereocenters. The zero-order valence-corrected chi connectivity index (χ0v) is 14.3. The van der Waals surface area contributed by atoms with Crippen molar-refractivity contribution >= 4 is 6.03 Å². The Morgan fingerprint density at radius 1 is 1.29 bits per heavy atom. The standard InChI is InChI=1S/C19H27FN2O2/c1-14(15-9-11-24-12-10-15)21-19(23)22(17-6-4-7-17)13-16-5-2-3-8-18(16)20/h2-3,5,8,14-15,17H,4,6-7,9-13H2,1H3,(H,21,23)/t14-/m0/s1. The van der Waals surface area contributed by atoms with Crippen LogP contribution in [0.5, 0.6) is 0 Å². The first-order valence-electron chi connectivity index (χ1n) is 9.03. The summed E-state index contributed by atoms with van der Waals surface area (Å²) >= 11 is 0. The molecule has 1 aromatic carbocycles. The Balaban J connectivity index is 1.64. The largest absolute Gasteiger partial charge is 0.381 e. The van der Waals surface area contributed by atoms with Gasteiger partial charge >= 0.3 is 6.03 Å². The first-order valence-corrected chi connectivity index (χ1v) is 9.03. The third-order valence-electron chi connectivity index (χ3n) is 5.40. The van der Waals surface area contributed by atoms with Gasteiger partial charge in [0.05, 0.1) is 6.54 Å². The predicted octanol–water partition coefficient (Wildman–Crippen LogP) is 3.70. The van der Waals surface area contributed by atoms with E-state index in [2.05, 4.69) is 12.2 Å². The lowest BCUT2D eigenvalue weighted by molar-refractivity contribution is 0.0548. The Morgan fingerprint density at radius 3 is 2.62 bits per heavy atom. The summed E-state index contributed by atoms with van der Waals surface area (Å²) in [5.74, 6) is 0.214. The van der Waals surface area contributed by atoms with Gasteiger partial charge in [0.2, 0.25) is 0 Å². The molecule has 2 amide bonds. The SMILES string of the molecule is C[C@H](NC(=O)N(Cc1ccccc1F)C1CCC1)C1CCOCC1. The fourth-order valence-corrected chi connectivity index (χ4v) is 3.49. The molecular formula is C19H27FN2O2. The Labute approximate surface area is 143 Å². The van der Waals surface area contributed by atoms with Gasteiger partial charge in [-0.3, -0.25) is 0 Å². The molecule has 2 fully saturated rings. The number of amides is 2. The Bertz CT molecular complexity index is 556. The Morgan fingerprint density at radius 2 is 2.00 bits per heavy atom. The number of urea groups is 1. The second-order valence-corrected chi connectivity index (χ2v) is 6.99. The van der Waals surface area contributed by atoms with E-state index in [1.165, 1.54) is 6.07 Å². The number of nitrogens with zero attached hydrogens (tertiary/aromatic N) is 1. The van der Waals surface area contributed by atoms with Crippen molar-refractivity contribution in [1.29, 1.82) is 0 Å². The Kier molecular flexibility index (Phi) is 5.72. The number of hydrogen-bond acceptors (Lipinski definition) is 2. The second-order valence-electron chi connectivity index (χ2n) is 6.99. The summed E-state index contributed by atoms with van der Waals surface area (Å²) in [4.78, 5) is 14.6. The third-order valence-corrected chi connectivity index (χ3v) is 5.40. The topological polar surface area (TPSA) is 41.6 Å². The molecule has 1 heterocycles. The van der Waals surface area contributed by atoms with Gasteiger partial charge < -0.3 is 15.0 Å². The molecule has 3 rings (SSSR count). The highest BCUT2D eigenvalue weighted by atomic mass is 19.1. The van der Waals surface area contributed by atoms with Crippen LogP contribution in [0, 0.1) is 11.7 Å². The molecule has 0 unspecified atom stereocenters. The lowest BCUT2D eigenvalue weighted by atomic mass is 9.91. The monoisotopic (exact) mass is 334 g/mol. The summed E-state index contributed by atoms with van der Waals surface area (Å²) in [5.41, 5.74) is 0.582. The minimum absolute atomic E-state index is 0.0676. The average molecular weight is 334 g/mol. The molecule has 1 aliphatic heterocycles. The van der Waals surface area contributed by atoms with Crippen molar-refractivity contribution in [2.75, 3.05) is 13.2 Å². The quantitative estimate of drug-likeness (QED) is 0.892. The fraction of sp³-hybridized carbons (Fsp3) is 0.632. The van der Waals surface area contributed by atoms with Crippen LogP contribution in [0.3, 0.4) is 0 Å². The maximum absolute atomic E-state index is 14.0. The minimum atomic E-state index is -0.243. The van der Waals surface area contributed by atoms with Gasteiger partial charge in [-0.25, -0.2) is 9.18 Å². The summed E-state index contributed by atoms with van der Waals surface area (Å²) in [5, 5.41) is 3.15. The van der Waals surface area contributed by atoms with E-state index in [4.69, 9.17) is 4.74 Å². The lowest BCUT2D eigenvalue weighted by Crippen LogP contribution is -2.52. The minimum Gasteiger partial charge on any atom is -0.381 e. The fourth-order valence-electron chi connectivity index (χ4n) is 3.49. The highest BCUT2D eigenvalue weighted by molar-refractivity contribution is 5.75. The molecule has 1 aromatic rings. The first-order chi connectivity index (χ1) is 11.6. The number of nitrogens with one attached hydrogen (secondary N) is 1. The van der Waals surface area contributed by atoms with Crippen LogP contribution in [-0.2, 0) is 11.3 Å². The van der Waals surface area contributed by atoms with Gasteiger partial charge in [-0.15, -0.1) is 0 Å². The molecule has 0 bridgehead atoms. The normalized spacial score (nSPS) is 20.2. The van der Waals surface area contributed by atoms with Crippen molar-refractivity contribution in [3.63, 3.8) is 0 Å². The Hall–Kier alpha value is -1.62. The van der Waals surface area contributed by atoms with Crippen LogP contribution < -0.4 is 5.32 Å². The smallest absolute Gasteiger partial charge is 0.318 e. The van der Waals surface area contributed by atoms with Gasteiger partial charge in [-0.05, 0) is 51.0 Å². The number of benzene rings is 1. The van der Waals surface area contributed by atoms with Crippen LogP contribution in [0.15, 0.2) is 24.3 Å². The molecule has 4 nitrogen and oxygen atoms in total. The van der Waals surface area contributed by atoms with Crippen molar-refractivity contribution in [3.05, 3.63) is 35.6 Å². The zero-order chi connectivity index (χ0) is 16.9. The van der Waals surface area contributed by atoms with Crippen molar-refractivity contribution in [3.8, 4) is 0 Å². The molecule has 0 radical (unpaired) electrons. The number of carbonyl (C=O) groups is 1. The molecule has 24 heavy (non-hydrogen) atoms. The number of halogens is 1. The molecule has 1 aliphatic carbocycles. The molecule has 1 saturated heterocycles. The molecule has 1 saturated carbocycles. The van der Waals surface area contributed by atoms with Crippen molar-refractivity contribution in [2.45, 2.75) is 57.7 Å². The number of ether oxygens (including phenoxy) is 1. The molecule has 5 heteroatoms. The van der Waals surface area contributed by atoms with Crippen LogP contribution >= 0.6 is 0 Å². The lowest BCUT2D eigenvalue weighted by Gasteiger charge is -2.39. The molecular weight excluding hydrogens is 307 g/mol. The molecule has 0 aromatic heterocycles. The van der Waals surface area contributed by atoms with E-state index in [9.17, 15) is 9.18 Å². The van der Waals surface area contributed by atoms with Crippen molar-refractivity contribution < 1.29 is 13.9 Å². The van der Waals surface area contributed by atoms with Crippen LogP contribution in [0.1, 0.15) is 44.6 Å². The van der Waals surface area contributed by atoms with E-state index in [1.807, 2.05) is 11.0 Å². The van der Waals surface area contributed by atoms with Gasteiger partial charge in [0.1, 0.15) is 5.82 Å². The maximum Gasteiger partial charge on any atom is 0.318 e. The van der Waals surface area contributed by atoms with Gasteiger partial charge in [-0.2, -0.15) is 0 Å². The summed E-state index contributed by atoms with van der Waals surface area (Å²) in [6.45, 7) is 3.94. The van der Waals surface area contributed by atoms with Gasteiger partial charge in [0.15, 0.2) is 0 Å². The van der Waals surface area contributed by atoms with E-state index in [-0.39, 0.29) is 23.9 Å². The van der Waals surface area contributed by atoms with Gasteiger partial charge in [0.25, 0.3) is 0 Å². The second kappa shape index (κ2) is 7.97. The molecule has 132 valence electrons. The van der Waals surface area contributed by atoms with Crippen LogP contribution in [-0.4, -0.2) is 36.2 Å². The number of rotatable bonds is 5.